The standard InChI is InChI=1S/C27H30N2O4/c1-3-4-9-25(22-14-12-21(13-15-22)24-10-5-6-16-28-24)29-33-18-17-32-26-11-7-8-23(20(26)2)19-27(30)31/h5-16,29H,3-4,17-19H2,1-2H3,(H,30,31). The Bertz CT molecular complexity index is 1060. The van der Waals surface area contributed by atoms with Gasteiger partial charge in [0.25, 0.3) is 0 Å². The van der Waals surface area contributed by atoms with Gasteiger partial charge >= 0.3 is 5.97 Å². The highest BCUT2D eigenvalue weighted by atomic mass is 16.7. The van der Waals surface area contributed by atoms with Gasteiger partial charge in [-0.3, -0.25) is 20.1 Å². The minimum absolute atomic E-state index is 0.0220. The van der Waals surface area contributed by atoms with Gasteiger partial charge in [0.15, 0.2) is 0 Å². The van der Waals surface area contributed by atoms with Crippen molar-refractivity contribution in [1.82, 2.24) is 10.5 Å². The van der Waals surface area contributed by atoms with Crippen molar-refractivity contribution in [2.75, 3.05) is 13.2 Å². The van der Waals surface area contributed by atoms with E-state index in [0.29, 0.717) is 19.0 Å². The normalized spacial score (nSPS) is 11.3. The van der Waals surface area contributed by atoms with Crippen molar-refractivity contribution in [2.45, 2.75) is 33.1 Å². The molecule has 0 spiro atoms. The fourth-order valence-electron chi connectivity index (χ4n) is 3.35. The molecule has 0 bridgehead atoms. The lowest BCUT2D eigenvalue weighted by Gasteiger charge is -2.14. The van der Waals surface area contributed by atoms with Crippen LogP contribution in [0.25, 0.3) is 17.0 Å². The first-order valence-corrected chi connectivity index (χ1v) is 11.1. The van der Waals surface area contributed by atoms with E-state index in [-0.39, 0.29) is 6.42 Å². The van der Waals surface area contributed by atoms with Crippen LogP contribution in [0, 0.1) is 6.92 Å². The topological polar surface area (TPSA) is 80.7 Å². The van der Waals surface area contributed by atoms with Gasteiger partial charge in [0, 0.05) is 11.8 Å². The number of hydroxylamine groups is 1. The maximum atomic E-state index is 11.0. The maximum Gasteiger partial charge on any atom is 0.307 e. The molecule has 33 heavy (non-hydrogen) atoms. The summed E-state index contributed by atoms with van der Waals surface area (Å²) in [6.45, 7) is 4.67. The van der Waals surface area contributed by atoms with Crippen LogP contribution < -0.4 is 10.2 Å². The number of carbonyl (C=O) groups is 1. The summed E-state index contributed by atoms with van der Waals surface area (Å²) in [5.41, 5.74) is 8.57. The van der Waals surface area contributed by atoms with E-state index in [2.05, 4.69) is 47.7 Å². The molecule has 3 aromatic rings. The van der Waals surface area contributed by atoms with Crippen molar-refractivity contribution < 1.29 is 19.5 Å². The van der Waals surface area contributed by atoms with Crippen molar-refractivity contribution >= 4 is 11.7 Å². The predicted octanol–water partition coefficient (Wildman–Crippen LogP) is 5.43. The molecular formula is C27H30N2O4. The van der Waals surface area contributed by atoms with Crippen molar-refractivity contribution in [3.8, 4) is 17.0 Å². The van der Waals surface area contributed by atoms with Crippen LogP contribution >= 0.6 is 0 Å². The Hall–Kier alpha value is -3.64. The number of nitrogens with one attached hydrogen (secondary N) is 1. The van der Waals surface area contributed by atoms with E-state index in [4.69, 9.17) is 14.7 Å². The van der Waals surface area contributed by atoms with Gasteiger partial charge in [-0.05, 0) is 48.2 Å². The van der Waals surface area contributed by atoms with Crippen LogP contribution in [0.1, 0.15) is 36.5 Å². The van der Waals surface area contributed by atoms with E-state index >= 15 is 0 Å². The molecule has 6 nitrogen and oxygen atoms in total. The zero-order valence-corrected chi connectivity index (χ0v) is 19.1. The number of nitrogens with zero attached hydrogens (tertiary/aromatic N) is 1. The molecule has 0 saturated heterocycles. The lowest BCUT2D eigenvalue weighted by molar-refractivity contribution is -0.136. The Morgan fingerprint density at radius 1 is 1.06 bits per heavy atom. The fourth-order valence-corrected chi connectivity index (χ4v) is 3.35. The van der Waals surface area contributed by atoms with Gasteiger partial charge < -0.3 is 9.84 Å². The highest BCUT2D eigenvalue weighted by Crippen LogP contribution is 2.22. The smallest absolute Gasteiger partial charge is 0.307 e. The van der Waals surface area contributed by atoms with Gasteiger partial charge in [-0.2, -0.15) is 0 Å². The zero-order valence-electron chi connectivity index (χ0n) is 19.1. The molecule has 2 aromatic carbocycles. The molecule has 0 aliphatic heterocycles. The number of benzene rings is 2. The molecule has 3 rings (SSSR count). The van der Waals surface area contributed by atoms with Crippen molar-refractivity contribution in [3.63, 3.8) is 0 Å². The van der Waals surface area contributed by atoms with Crippen LogP contribution in [0.4, 0.5) is 0 Å². The summed E-state index contributed by atoms with van der Waals surface area (Å²) in [6.07, 6.45) is 5.85. The molecule has 172 valence electrons. The molecule has 6 heteroatoms. The van der Waals surface area contributed by atoms with Crippen LogP contribution in [0.5, 0.6) is 5.75 Å². The fraction of sp³-hybridized carbons (Fsp3) is 0.259. The minimum Gasteiger partial charge on any atom is -0.491 e. The number of hydrogen-bond acceptors (Lipinski definition) is 5. The largest absolute Gasteiger partial charge is 0.491 e. The molecule has 1 heterocycles. The number of ether oxygens (including phenoxy) is 1. The monoisotopic (exact) mass is 446 g/mol. The van der Waals surface area contributed by atoms with E-state index in [9.17, 15) is 4.79 Å². The molecule has 2 N–H and O–H groups in total. The van der Waals surface area contributed by atoms with E-state index in [1.807, 2.05) is 31.2 Å². The second-order valence-electron chi connectivity index (χ2n) is 7.61. The molecule has 0 saturated carbocycles. The number of aromatic nitrogens is 1. The number of carboxylic acids is 1. The first-order chi connectivity index (χ1) is 16.1. The molecule has 0 aliphatic rings. The van der Waals surface area contributed by atoms with E-state index in [1.54, 1.807) is 18.3 Å². The number of allylic oxidation sites excluding steroid dienone is 1. The number of rotatable bonds is 12. The molecular weight excluding hydrogens is 416 g/mol. The number of pyridine rings is 1. The van der Waals surface area contributed by atoms with Gasteiger partial charge in [0.2, 0.25) is 0 Å². The van der Waals surface area contributed by atoms with Gasteiger partial charge in [-0.25, -0.2) is 0 Å². The van der Waals surface area contributed by atoms with E-state index in [0.717, 1.165) is 46.5 Å². The number of hydrogen-bond donors (Lipinski definition) is 2. The highest BCUT2D eigenvalue weighted by molar-refractivity contribution is 5.71. The van der Waals surface area contributed by atoms with Gasteiger partial charge in [0.1, 0.15) is 19.0 Å². The lowest BCUT2D eigenvalue weighted by atomic mass is 10.1. The van der Waals surface area contributed by atoms with Crippen LogP contribution in [0.3, 0.4) is 0 Å². The van der Waals surface area contributed by atoms with Crippen molar-refractivity contribution in [1.29, 1.82) is 0 Å². The van der Waals surface area contributed by atoms with E-state index in [1.165, 1.54) is 0 Å². The summed E-state index contributed by atoms with van der Waals surface area (Å²) in [5.74, 6) is -0.188. The number of carboxylic acid groups (broad SMARTS) is 1. The van der Waals surface area contributed by atoms with Crippen LogP contribution in [0.15, 0.2) is 72.9 Å². The number of aliphatic carboxylic acids is 1. The Kier molecular flexibility index (Phi) is 9.03. The molecule has 0 atom stereocenters. The summed E-state index contributed by atoms with van der Waals surface area (Å²) < 4.78 is 5.81. The molecule has 0 unspecified atom stereocenters. The third kappa shape index (κ3) is 7.19. The van der Waals surface area contributed by atoms with Crippen LogP contribution in [0.2, 0.25) is 0 Å². The van der Waals surface area contributed by atoms with Gasteiger partial charge in [-0.1, -0.05) is 61.9 Å². The molecule has 0 aliphatic carbocycles. The Labute approximate surface area is 194 Å². The zero-order chi connectivity index (χ0) is 23.5. The average Bonchev–Trinajstić information content (AvgIpc) is 2.83. The lowest BCUT2D eigenvalue weighted by Crippen LogP contribution is -2.18. The van der Waals surface area contributed by atoms with Crippen molar-refractivity contribution in [3.05, 3.63) is 89.6 Å². The Morgan fingerprint density at radius 3 is 2.58 bits per heavy atom. The average molecular weight is 447 g/mol. The Morgan fingerprint density at radius 2 is 1.88 bits per heavy atom. The predicted molar refractivity (Wildman–Crippen MR) is 130 cm³/mol. The SMILES string of the molecule is CCCC=C(NOCCOc1cccc(CC(=O)O)c1C)c1ccc(-c2ccccn2)cc1. The second-order valence-corrected chi connectivity index (χ2v) is 7.61. The maximum absolute atomic E-state index is 11.0. The summed E-state index contributed by atoms with van der Waals surface area (Å²) >= 11 is 0. The minimum atomic E-state index is -0.859. The van der Waals surface area contributed by atoms with Crippen LogP contribution in [-0.2, 0) is 16.1 Å². The second kappa shape index (κ2) is 12.4. The third-order valence-corrected chi connectivity index (χ3v) is 5.16. The summed E-state index contributed by atoms with van der Waals surface area (Å²) in [5, 5.41) is 9.03. The van der Waals surface area contributed by atoms with Gasteiger partial charge in [0.05, 0.1) is 17.8 Å². The molecule has 0 amide bonds. The molecule has 1 aromatic heterocycles. The van der Waals surface area contributed by atoms with Crippen molar-refractivity contribution in [2.24, 2.45) is 0 Å². The highest BCUT2D eigenvalue weighted by Gasteiger charge is 2.09. The first kappa shape index (κ1) is 24.0. The number of unbranched alkanes of at least 4 members (excludes halogenated alkanes) is 1. The van der Waals surface area contributed by atoms with Gasteiger partial charge in [-0.15, -0.1) is 0 Å². The molecule has 0 radical (unpaired) electrons. The van der Waals surface area contributed by atoms with Crippen LogP contribution in [-0.4, -0.2) is 29.3 Å². The first-order valence-electron chi connectivity index (χ1n) is 11.1. The Balaban J connectivity index is 1.55. The summed E-state index contributed by atoms with van der Waals surface area (Å²) in [7, 11) is 0. The summed E-state index contributed by atoms with van der Waals surface area (Å²) in [6, 6.07) is 19.5. The van der Waals surface area contributed by atoms with E-state index < -0.39 is 5.97 Å². The summed E-state index contributed by atoms with van der Waals surface area (Å²) in [4.78, 5) is 21.1. The third-order valence-electron chi connectivity index (χ3n) is 5.16. The quantitative estimate of drug-likeness (QED) is 0.285. The molecule has 0 fully saturated rings.